The van der Waals surface area contributed by atoms with E-state index < -0.39 is 12.0 Å². The van der Waals surface area contributed by atoms with E-state index in [-0.39, 0.29) is 19.5 Å². The maximum atomic E-state index is 9.97. The Morgan fingerprint density at radius 2 is 2.33 bits per heavy atom. The average molecular weight is 247 g/mol. The average Bonchev–Trinajstić information content (AvgIpc) is 1.67. The Morgan fingerprint density at radius 3 is 2.44 bits per heavy atom. The van der Waals surface area contributed by atoms with Gasteiger partial charge < -0.3 is 0 Å². The molecule has 0 aromatic carbocycles. The molecule has 0 aliphatic rings. The number of nitrogens with two attached hydrogens (primary N) is 1. The molecule has 5 heteroatoms. The van der Waals surface area contributed by atoms with Gasteiger partial charge in [-0.05, 0) is 0 Å². The minimum absolute atomic E-state index is 0. The van der Waals surface area contributed by atoms with Gasteiger partial charge in [0.25, 0.3) is 0 Å². The smallest absolute Gasteiger partial charge is 0 e. The van der Waals surface area contributed by atoms with Crippen LogP contribution in [0.3, 0.4) is 0 Å². The molecule has 0 bridgehead atoms. The Hall–Kier alpha value is 0.573. The van der Waals surface area contributed by atoms with Crippen LogP contribution in [-0.4, -0.2) is 32.1 Å². The monoisotopic (exact) mass is 247 g/mol. The molecule has 0 unspecified atom stereocenters. The molecular weight excluding hydrogens is 238 g/mol. The molecule has 3 N–H and O–H groups in total. The fraction of sp³-hybridized carbons (Fsp3) is 0.750. The van der Waals surface area contributed by atoms with Crippen molar-refractivity contribution in [3.8, 4) is 0 Å². The Labute approximate surface area is 73.3 Å². The molecule has 0 aliphatic heterocycles. The first-order valence-electron chi connectivity index (χ1n) is 2.15. The number of rotatable bonds is 3. The van der Waals surface area contributed by atoms with E-state index >= 15 is 0 Å². The summed E-state index contributed by atoms with van der Waals surface area (Å²) in [6.07, 6.45) is 0. The summed E-state index contributed by atoms with van der Waals surface area (Å²) in [6.45, 7) is 0. The van der Waals surface area contributed by atoms with Gasteiger partial charge in [0, 0.05) is 19.5 Å². The number of carboxylic acid groups (broad SMARTS) is 1. The van der Waals surface area contributed by atoms with Gasteiger partial charge in [-0.2, -0.15) is 0 Å². The molecule has 0 aromatic rings. The van der Waals surface area contributed by atoms with E-state index in [1.807, 2.05) is 5.82 Å². The van der Waals surface area contributed by atoms with E-state index in [1.165, 1.54) is 0 Å². The van der Waals surface area contributed by atoms with Crippen LogP contribution in [0.5, 0.6) is 0 Å². The Kier molecular flexibility index (Phi) is 9.12. The van der Waals surface area contributed by atoms with Gasteiger partial charge in [0.2, 0.25) is 0 Å². The molecule has 0 spiro atoms. The first kappa shape index (κ1) is 12.3. The van der Waals surface area contributed by atoms with Crippen LogP contribution < -0.4 is 5.73 Å². The zero-order valence-corrected chi connectivity index (χ0v) is 10.0. The maximum Gasteiger partial charge on any atom is 0 e. The molecule has 3 nitrogen and oxygen atoms in total. The van der Waals surface area contributed by atoms with Crippen LogP contribution in [-0.2, 0) is 24.3 Å². The van der Waals surface area contributed by atoms with E-state index in [2.05, 4.69) is 0 Å². The SMILES string of the molecule is C[Se]C[C@H](N)C(=O)O.[Zn]. The minimum Gasteiger partial charge on any atom is 0 e. The predicted octanol–water partition coefficient (Wildman–Crippen LogP) is -0.434. The summed E-state index contributed by atoms with van der Waals surface area (Å²) in [5, 5.41) is 8.83. The van der Waals surface area contributed by atoms with Crippen LogP contribution in [0.2, 0.25) is 11.1 Å². The third-order valence-corrected chi connectivity index (χ3v) is 2.12. The quantitative estimate of drug-likeness (QED) is 0.665. The largest absolute Gasteiger partial charge is 0 e. The number of carbonyl (C=O) groups is 1. The van der Waals surface area contributed by atoms with Crippen molar-refractivity contribution >= 4 is 20.9 Å². The van der Waals surface area contributed by atoms with Crippen molar-refractivity contribution in [2.45, 2.75) is 17.2 Å². The molecule has 0 aromatic heterocycles. The van der Waals surface area contributed by atoms with Gasteiger partial charge in [-0.3, -0.25) is 0 Å². The van der Waals surface area contributed by atoms with E-state index in [0.29, 0.717) is 20.3 Å². The second-order valence-electron chi connectivity index (χ2n) is 1.40. The molecule has 0 saturated heterocycles. The number of carboxylic acids is 1. The predicted molar refractivity (Wildman–Crippen MR) is 32.0 cm³/mol. The fourth-order valence-corrected chi connectivity index (χ4v) is 1.30. The second kappa shape index (κ2) is 6.69. The maximum absolute atomic E-state index is 9.97. The minimum atomic E-state index is -0.895. The molecule has 0 saturated carbocycles. The molecule has 0 rings (SSSR count). The summed E-state index contributed by atoms with van der Waals surface area (Å²) >= 11 is 0.373. The molecule has 9 heavy (non-hydrogen) atoms. The van der Waals surface area contributed by atoms with Crippen molar-refractivity contribution in [3.05, 3.63) is 0 Å². The zero-order valence-electron chi connectivity index (χ0n) is 5.33. The van der Waals surface area contributed by atoms with Crippen molar-refractivity contribution < 1.29 is 29.4 Å². The summed E-state index contributed by atoms with van der Waals surface area (Å²) in [5.41, 5.74) is 5.14. The van der Waals surface area contributed by atoms with Crippen molar-refractivity contribution in [2.24, 2.45) is 5.73 Å². The summed E-state index contributed by atoms with van der Waals surface area (Å²) in [4.78, 5) is 9.97. The molecule has 0 fully saturated rings. The molecule has 50 valence electrons. The van der Waals surface area contributed by atoms with Gasteiger partial charge in [-0.1, -0.05) is 0 Å². The van der Waals surface area contributed by atoms with Crippen molar-refractivity contribution in [2.75, 3.05) is 0 Å². The van der Waals surface area contributed by atoms with Gasteiger partial charge in [0.1, 0.15) is 0 Å². The third kappa shape index (κ3) is 6.46. The first-order chi connectivity index (χ1) is 3.68. The van der Waals surface area contributed by atoms with Crippen molar-refractivity contribution in [1.82, 2.24) is 0 Å². The van der Waals surface area contributed by atoms with Gasteiger partial charge in [0.05, 0.1) is 0 Å². The Balaban J connectivity index is 0. The van der Waals surface area contributed by atoms with Crippen LogP contribution in [0, 0.1) is 0 Å². The van der Waals surface area contributed by atoms with E-state index in [4.69, 9.17) is 10.8 Å². The number of hydrogen-bond donors (Lipinski definition) is 2. The molecule has 0 heterocycles. The normalized spacial score (nSPS) is 11.8. The zero-order chi connectivity index (χ0) is 6.57. The summed E-state index contributed by atoms with van der Waals surface area (Å²) in [5.74, 6) is 1.07. The third-order valence-electron chi connectivity index (χ3n) is 0.663. The van der Waals surface area contributed by atoms with Crippen LogP contribution in [0.1, 0.15) is 0 Å². The van der Waals surface area contributed by atoms with Crippen molar-refractivity contribution in [3.63, 3.8) is 0 Å². The number of hydrogen-bond acceptors (Lipinski definition) is 2. The molecular formula is C4H9NO2SeZn. The Morgan fingerprint density at radius 1 is 1.89 bits per heavy atom. The molecule has 1 atom stereocenters. The standard InChI is InChI=1S/C4H9NO2Se.Zn/c1-8-2-3(5)4(6)7;/h3H,2,5H2,1H3,(H,6,7);/t3-;/m0./s1. The van der Waals surface area contributed by atoms with Gasteiger partial charge >= 0.3 is 53.7 Å². The Bertz CT molecular complexity index is 90.6. The van der Waals surface area contributed by atoms with Crippen LogP contribution in [0.25, 0.3) is 0 Å². The van der Waals surface area contributed by atoms with E-state index in [0.717, 1.165) is 0 Å². The fourth-order valence-electron chi connectivity index (χ4n) is 0.251. The summed E-state index contributed by atoms with van der Waals surface area (Å²) < 4.78 is 0. The van der Waals surface area contributed by atoms with E-state index in [9.17, 15) is 4.79 Å². The van der Waals surface area contributed by atoms with Gasteiger partial charge in [-0.25, -0.2) is 0 Å². The van der Waals surface area contributed by atoms with Crippen LogP contribution in [0.4, 0.5) is 0 Å². The second-order valence-corrected chi connectivity index (χ2v) is 3.31. The summed E-state index contributed by atoms with van der Waals surface area (Å²) in [6, 6.07) is -0.639. The molecule has 0 aliphatic carbocycles. The summed E-state index contributed by atoms with van der Waals surface area (Å²) in [7, 11) is 0. The first-order valence-corrected chi connectivity index (χ1v) is 5.08. The van der Waals surface area contributed by atoms with Gasteiger partial charge in [0.15, 0.2) is 0 Å². The van der Waals surface area contributed by atoms with Gasteiger partial charge in [-0.15, -0.1) is 0 Å². The molecule has 0 amide bonds. The molecule has 0 radical (unpaired) electrons. The van der Waals surface area contributed by atoms with E-state index in [1.54, 1.807) is 0 Å². The topological polar surface area (TPSA) is 63.3 Å². The van der Waals surface area contributed by atoms with Crippen LogP contribution in [0.15, 0.2) is 0 Å². The van der Waals surface area contributed by atoms with Crippen molar-refractivity contribution in [1.29, 1.82) is 0 Å². The number of aliphatic carboxylic acids is 1. The van der Waals surface area contributed by atoms with Crippen LogP contribution >= 0.6 is 0 Å².